The molecule has 5 heteroatoms. The quantitative estimate of drug-likeness (QED) is 0.731. The van der Waals surface area contributed by atoms with E-state index in [1.54, 1.807) is 30.1 Å². The Morgan fingerprint density at radius 2 is 1.86 bits per heavy atom. The molecule has 0 spiro atoms. The molecular weight excluding hydrogens is 321 g/mol. The molecule has 0 bridgehead atoms. The molecule has 2 aromatic carbocycles. The molecule has 22 heavy (non-hydrogen) atoms. The van der Waals surface area contributed by atoms with Crippen molar-refractivity contribution in [3.8, 4) is 0 Å². The Labute approximate surface area is 139 Å². The fraction of sp³-hybridized carbons (Fsp3) is 0.235. The summed E-state index contributed by atoms with van der Waals surface area (Å²) < 4.78 is 13.0. The lowest BCUT2D eigenvalue weighted by atomic mass is 10.1. The van der Waals surface area contributed by atoms with Crippen molar-refractivity contribution >= 4 is 29.3 Å². The van der Waals surface area contributed by atoms with E-state index in [-0.39, 0.29) is 17.8 Å². The van der Waals surface area contributed by atoms with Gasteiger partial charge in [0.05, 0.1) is 16.8 Å². The van der Waals surface area contributed by atoms with Gasteiger partial charge in [0.2, 0.25) is 5.91 Å². The second-order valence-corrected chi connectivity index (χ2v) is 6.38. The van der Waals surface area contributed by atoms with Gasteiger partial charge in [-0.15, -0.1) is 11.8 Å². The minimum absolute atomic E-state index is 0.00162. The largest absolute Gasteiger partial charge is 0.338 e. The predicted octanol–water partition coefficient (Wildman–Crippen LogP) is 4.79. The summed E-state index contributed by atoms with van der Waals surface area (Å²) in [6.07, 6.45) is 0. The molecule has 2 rings (SSSR count). The number of halogens is 2. The molecule has 0 aliphatic carbocycles. The topological polar surface area (TPSA) is 20.3 Å². The van der Waals surface area contributed by atoms with Crippen molar-refractivity contribution in [3.05, 3.63) is 64.9 Å². The highest BCUT2D eigenvalue weighted by Gasteiger charge is 2.17. The van der Waals surface area contributed by atoms with Gasteiger partial charge in [-0.3, -0.25) is 4.79 Å². The Morgan fingerprint density at radius 1 is 1.23 bits per heavy atom. The highest BCUT2D eigenvalue weighted by Crippen LogP contribution is 2.27. The summed E-state index contributed by atoms with van der Waals surface area (Å²) in [7, 11) is 1.75. The Hall–Kier alpha value is -1.52. The van der Waals surface area contributed by atoms with E-state index < -0.39 is 0 Å². The van der Waals surface area contributed by atoms with Crippen molar-refractivity contribution in [1.29, 1.82) is 0 Å². The fourth-order valence-electron chi connectivity index (χ4n) is 1.98. The van der Waals surface area contributed by atoms with Crippen molar-refractivity contribution in [2.24, 2.45) is 0 Å². The molecule has 116 valence electrons. The maximum Gasteiger partial charge on any atom is 0.233 e. The molecule has 0 heterocycles. The summed E-state index contributed by atoms with van der Waals surface area (Å²) in [5, 5.41) is 0.648. The molecule has 0 saturated carbocycles. The number of nitrogens with zero attached hydrogens (tertiary/aromatic N) is 1. The fourth-order valence-corrected chi connectivity index (χ4v) is 3.15. The first-order valence-electron chi connectivity index (χ1n) is 6.87. The number of benzene rings is 2. The summed E-state index contributed by atoms with van der Waals surface area (Å²) >= 11 is 7.49. The van der Waals surface area contributed by atoms with Gasteiger partial charge >= 0.3 is 0 Å². The lowest BCUT2D eigenvalue weighted by Gasteiger charge is -2.25. The summed E-state index contributed by atoms with van der Waals surface area (Å²) in [4.78, 5) is 14.9. The molecule has 2 nitrogen and oxygen atoms in total. The minimum Gasteiger partial charge on any atom is -0.338 e. The van der Waals surface area contributed by atoms with E-state index >= 15 is 0 Å². The van der Waals surface area contributed by atoms with Gasteiger partial charge in [-0.1, -0.05) is 35.9 Å². The second kappa shape index (κ2) is 7.65. The van der Waals surface area contributed by atoms with Crippen LogP contribution in [0.2, 0.25) is 5.02 Å². The average molecular weight is 338 g/mol. The number of thioether (sulfide) groups is 1. The molecule has 2 aromatic rings. The van der Waals surface area contributed by atoms with Crippen molar-refractivity contribution in [2.75, 3.05) is 12.8 Å². The van der Waals surface area contributed by atoms with Crippen LogP contribution in [0.4, 0.5) is 4.39 Å². The highest BCUT2D eigenvalue weighted by molar-refractivity contribution is 8.00. The van der Waals surface area contributed by atoms with Crippen molar-refractivity contribution < 1.29 is 9.18 Å². The van der Waals surface area contributed by atoms with Crippen LogP contribution in [-0.2, 0) is 4.79 Å². The third-order valence-corrected chi connectivity index (χ3v) is 5.01. The van der Waals surface area contributed by atoms with Crippen LogP contribution in [0.15, 0.2) is 53.4 Å². The molecule has 0 saturated heterocycles. The van der Waals surface area contributed by atoms with Gasteiger partial charge in [-0.05, 0) is 36.8 Å². The standard InChI is InChI=1S/C17H17ClFNOS/c1-12(13-7-9-14(19)10-8-13)20(2)17(21)11-22-16-6-4-3-5-15(16)18/h3-10,12H,11H2,1-2H3. The van der Waals surface area contributed by atoms with Gasteiger partial charge in [0.1, 0.15) is 5.82 Å². The Kier molecular flexibility index (Phi) is 5.86. The average Bonchev–Trinajstić information content (AvgIpc) is 2.53. The lowest BCUT2D eigenvalue weighted by molar-refractivity contribution is -0.128. The summed E-state index contributed by atoms with van der Waals surface area (Å²) in [5.41, 5.74) is 0.903. The van der Waals surface area contributed by atoms with E-state index in [1.165, 1.54) is 23.9 Å². The minimum atomic E-state index is -0.279. The van der Waals surface area contributed by atoms with Crippen molar-refractivity contribution in [2.45, 2.75) is 17.9 Å². The number of hydrogen-bond acceptors (Lipinski definition) is 2. The first-order valence-corrected chi connectivity index (χ1v) is 8.24. The number of carbonyl (C=O) groups excluding carboxylic acids is 1. The summed E-state index contributed by atoms with van der Waals surface area (Å²) in [6.45, 7) is 1.92. The van der Waals surface area contributed by atoms with E-state index in [0.29, 0.717) is 10.8 Å². The van der Waals surface area contributed by atoms with Gasteiger partial charge in [0.25, 0.3) is 0 Å². The Bertz CT molecular complexity index is 647. The first-order chi connectivity index (χ1) is 10.5. The summed E-state index contributed by atoms with van der Waals surface area (Å²) in [6, 6.07) is 13.5. The van der Waals surface area contributed by atoms with E-state index in [9.17, 15) is 9.18 Å². The SMILES string of the molecule is CC(c1ccc(F)cc1)N(C)C(=O)CSc1ccccc1Cl. The number of amides is 1. The van der Waals surface area contributed by atoms with Crippen LogP contribution in [0.25, 0.3) is 0 Å². The highest BCUT2D eigenvalue weighted by atomic mass is 35.5. The van der Waals surface area contributed by atoms with Crippen LogP contribution in [0, 0.1) is 5.82 Å². The van der Waals surface area contributed by atoms with E-state index in [0.717, 1.165) is 10.5 Å². The molecule has 1 unspecified atom stereocenters. The maximum absolute atomic E-state index is 13.0. The monoisotopic (exact) mass is 337 g/mol. The zero-order chi connectivity index (χ0) is 16.1. The molecule has 0 N–H and O–H groups in total. The molecule has 0 aliphatic rings. The van der Waals surface area contributed by atoms with Crippen LogP contribution in [0.1, 0.15) is 18.5 Å². The smallest absolute Gasteiger partial charge is 0.233 e. The molecule has 0 fully saturated rings. The number of carbonyl (C=O) groups is 1. The second-order valence-electron chi connectivity index (χ2n) is 4.95. The maximum atomic E-state index is 13.0. The van der Waals surface area contributed by atoms with Crippen LogP contribution in [0.3, 0.4) is 0 Å². The normalized spacial score (nSPS) is 12.0. The van der Waals surface area contributed by atoms with Gasteiger partial charge in [0, 0.05) is 11.9 Å². The third kappa shape index (κ3) is 4.24. The zero-order valence-electron chi connectivity index (χ0n) is 12.4. The van der Waals surface area contributed by atoms with Crippen LogP contribution < -0.4 is 0 Å². The van der Waals surface area contributed by atoms with Crippen LogP contribution in [-0.4, -0.2) is 23.6 Å². The van der Waals surface area contributed by atoms with E-state index in [4.69, 9.17) is 11.6 Å². The molecular formula is C17H17ClFNOS. The molecule has 0 aliphatic heterocycles. The number of rotatable bonds is 5. The number of hydrogen-bond donors (Lipinski definition) is 0. The van der Waals surface area contributed by atoms with E-state index in [2.05, 4.69) is 0 Å². The van der Waals surface area contributed by atoms with E-state index in [1.807, 2.05) is 25.1 Å². The van der Waals surface area contributed by atoms with Crippen molar-refractivity contribution in [3.63, 3.8) is 0 Å². The Morgan fingerprint density at radius 3 is 2.50 bits per heavy atom. The van der Waals surface area contributed by atoms with Gasteiger partial charge in [-0.25, -0.2) is 4.39 Å². The van der Waals surface area contributed by atoms with Crippen molar-refractivity contribution in [1.82, 2.24) is 4.90 Å². The Balaban J connectivity index is 1.97. The first kappa shape index (κ1) is 16.8. The van der Waals surface area contributed by atoms with Crippen LogP contribution >= 0.6 is 23.4 Å². The van der Waals surface area contributed by atoms with Gasteiger partial charge in [0.15, 0.2) is 0 Å². The van der Waals surface area contributed by atoms with Gasteiger partial charge in [-0.2, -0.15) is 0 Å². The molecule has 1 atom stereocenters. The summed E-state index contributed by atoms with van der Waals surface area (Å²) in [5.74, 6) is 0.0344. The third-order valence-electron chi connectivity index (χ3n) is 3.51. The molecule has 0 aromatic heterocycles. The molecule has 1 amide bonds. The predicted molar refractivity (Wildman–Crippen MR) is 89.8 cm³/mol. The van der Waals surface area contributed by atoms with Gasteiger partial charge < -0.3 is 4.90 Å². The molecule has 0 radical (unpaired) electrons. The van der Waals surface area contributed by atoms with Crippen LogP contribution in [0.5, 0.6) is 0 Å². The lowest BCUT2D eigenvalue weighted by Crippen LogP contribution is -2.31. The zero-order valence-corrected chi connectivity index (χ0v) is 14.0.